The van der Waals surface area contributed by atoms with E-state index in [-0.39, 0.29) is 12.2 Å². The monoisotopic (exact) mass is 284 g/mol. The highest BCUT2D eigenvalue weighted by Crippen LogP contribution is 2.41. The summed E-state index contributed by atoms with van der Waals surface area (Å²) in [5.41, 5.74) is 16.2. The number of phenols is 1. The van der Waals surface area contributed by atoms with Crippen LogP contribution in [-0.4, -0.2) is 11.7 Å². The number of nitrogens with two attached hydrogens (primary N) is 2. The second-order valence-corrected chi connectivity index (χ2v) is 5.52. The van der Waals surface area contributed by atoms with Crippen molar-refractivity contribution in [2.45, 2.75) is 25.6 Å². The minimum Gasteiger partial charge on any atom is -0.507 e. The average Bonchev–Trinajstić information content (AvgIpc) is 2.50. The van der Waals surface area contributed by atoms with Crippen LogP contribution in [0, 0.1) is 6.92 Å². The molecule has 2 aromatic rings. The van der Waals surface area contributed by atoms with E-state index in [1.54, 1.807) is 0 Å². The Balaban J connectivity index is 2.03. The molecule has 0 saturated heterocycles. The lowest BCUT2D eigenvalue weighted by Crippen LogP contribution is -2.26. The highest BCUT2D eigenvalue weighted by molar-refractivity contribution is 5.49. The summed E-state index contributed by atoms with van der Waals surface area (Å²) in [6.07, 6.45) is 0.289. The van der Waals surface area contributed by atoms with Crippen LogP contribution in [0.5, 0.6) is 5.75 Å². The van der Waals surface area contributed by atoms with Crippen molar-refractivity contribution in [1.29, 1.82) is 0 Å². The molecule has 1 aliphatic heterocycles. The number of nitrogen functional groups attached to an aromatic ring is 1. The Bertz CT molecular complexity index is 670. The van der Waals surface area contributed by atoms with Gasteiger partial charge >= 0.3 is 0 Å². The third-order valence-electron chi connectivity index (χ3n) is 4.08. The van der Waals surface area contributed by atoms with E-state index in [9.17, 15) is 5.11 Å². The number of fused-ring (bicyclic) bond motifs is 1. The van der Waals surface area contributed by atoms with Gasteiger partial charge in [0.05, 0.1) is 12.2 Å². The van der Waals surface area contributed by atoms with Gasteiger partial charge in [0.15, 0.2) is 0 Å². The predicted molar refractivity (Wildman–Crippen MR) is 83.0 cm³/mol. The van der Waals surface area contributed by atoms with Crippen LogP contribution in [0.2, 0.25) is 0 Å². The Morgan fingerprint density at radius 1 is 1.29 bits per heavy atom. The fraction of sp³-hybridized carbons (Fsp3) is 0.294. The quantitative estimate of drug-likeness (QED) is 0.740. The number of rotatable bonds is 2. The molecule has 0 saturated carbocycles. The molecule has 110 valence electrons. The Kier molecular flexibility index (Phi) is 3.57. The van der Waals surface area contributed by atoms with Crippen LogP contribution in [0.4, 0.5) is 5.69 Å². The van der Waals surface area contributed by atoms with Gasteiger partial charge in [-0.1, -0.05) is 24.3 Å². The summed E-state index contributed by atoms with van der Waals surface area (Å²) in [5, 5.41) is 10.4. The molecule has 0 amide bonds. The molecule has 4 heteroatoms. The topological polar surface area (TPSA) is 81.5 Å². The standard InChI is InChI=1S/C17H20N2O2/c1-10-5-6-13-14(17(10)20)8-15(21-16(13)9-18)11-3-2-4-12(19)7-11/h2-7,15-16,20H,8-9,18-19H2,1H3. The van der Waals surface area contributed by atoms with E-state index in [1.807, 2.05) is 43.3 Å². The van der Waals surface area contributed by atoms with Gasteiger partial charge in [0.25, 0.3) is 0 Å². The molecule has 0 aliphatic carbocycles. The van der Waals surface area contributed by atoms with Gasteiger partial charge in [-0.3, -0.25) is 0 Å². The second-order valence-electron chi connectivity index (χ2n) is 5.52. The van der Waals surface area contributed by atoms with Crippen molar-refractivity contribution in [1.82, 2.24) is 0 Å². The van der Waals surface area contributed by atoms with Crippen LogP contribution < -0.4 is 11.5 Å². The van der Waals surface area contributed by atoms with Gasteiger partial charge in [-0.2, -0.15) is 0 Å². The molecule has 4 nitrogen and oxygen atoms in total. The first kappa shape index (κ1) is 13.9. The summed E-state index contributed by atoms with van der Waals surface area (Å²) in [4.78, 5) is 0. The summed E-state index contributed by atoms with van der Waals surface area (Å²) in [5.74, 6) is 0.350. The minimum absolute atomic E-state index is 0.137. The first-order valence-corrected chi connectivity index (χ1v) is 7.12. The van der Waals surface area contributed by atoms with Gasteiger partial charge in [-0.15, -0.1) is 0 Å². The lowest BCUT2D eigenvalue weighted by atomic mass is 9.89. The van der Waals surface area contributed by atoms with Gasteiger partial charge in [0, 0.05) is 24.2 Å². The molecule has 2 unspecified atom stereocenters. The van der Waals surface area contributed by atoms with E-state index < -0.39 is 0 Å². The lowest BCUT2D eigenvalue weighted by Gasteiger charge is -2.33. The zero-order valence-corrected chi connectivity index (χ0v) is 12.0. The molecule has 21 heavy (non-hydrogen) atoms. The molecule has 1 aliphatic rings. The number of ether oxygens (including phenoxy) is 1. The van der Waals surface area contributed by atoms with E-state index in [4.69, 9.17) is 16.2 Å². The SMILES string of the molecule is Cc1ccc2c(c1O)CC(c1cccc(N)c1)OC2CN. The third kappa shape index (κ3) is 2.48. The lowest BCUT2D eigenvalue weighted by molar-refractivity contribution is -0.0230. The zero-order chi connectivity index (χ0) is 15.0. The van der Waals surface area contributed by atoms with Crippen molar-refractivity contribution in [3.05, 3.63) is 58.7 Å². The van der Waals surface area contributed by atoms with E-state index in [0.717, 1.165) is 22.3 Å². The molecule has 0 spiro atoms. The van der Waals surface area contributed by atoms with Gasteiger partial charge in [-0.25, -0.2) is 0 Å². The number of hydrogen-bond donors (Lipinski definition) is 3. The normalized spacial score (nSPS) is 21.0. The highest BCUT2D eigenvalue weighted by Gasteiger charge is 2.30. The highest BCUT2D eigenvalue weighted by atomic mass is 16.5. The smallest absolute Gasteiger partial charge is 0.122 e. The van der Waals surface area contributed by atoms with Crippen molar-refractivity contribution in [3.8, 4) is 5.75 Å². The van der Waals surface area contributed by atoms with Crippen LogP contribution in [-0.2, 0) is 11.2 Å². The molecule has 2 atom stereocenters. The molecule has 2 aromatic carbocycles. The summed E-state index contributed by atoms with van der Waals surface area (Å²) in [6, 6.07) is 11.6. The van der Waals surface area contributed by atoms with Crippen molar-refractivity contribution in [3.63, 3.8) is 0 Å². The number of aromatic hydroxyl groups is 1. The maximum atomic E-state index is 10.4. The Hall–Kier alpha value is -2.04. The maximum absolute atomic E-state index is 10.4. The molecule has 3 rings (SSSR count). The van der Waals surface area contributed by atoms with Gasteiger partial charge in [-0.05, 0) is 35.7 Å². The van der Waals surface area contributed by atoms with Crippen LogP contribution in [0.3, 0.4) is 0 Å². The molecule has 1 heterocycles. The predicted octanol–water partition coefficient (Wildman–Crippen LogP) is 2.60. The molecule has 0 bridgehead atoms. The van der Waals surface area contributed by atoms with Crippen molar-refractivity contribution in [2.75, 3.05) is 12.3 Å². The largest absolute Gasteiger partial charge is 0.507 e. The maximum Gasteiger partial charge on any atom is 0.122 e. The summed E-state index contributed by atoms with van der Waals surface area (Å²) in [6.45, 7) is 2.28. The molecule has 5 N–H and O–H groups in total. The van der Waals surface area contributed by atoms with Crippen LogP contribution in [0.25, 0.3) is 0 Å². The number of anilines is 1. The van der Waals surface area contributed by atoms with Gasteiger partial charge in [0.1, 0.15) is 5.75 Å². The molecule has 0 fully saturated rings. The number of hydrogen-bond acceptors (Lipinski definition) is 4. The average molecular weight is 284 g/mol. The van der Waals surface area contributed by atoms with Crippen molar-refractivity contribution in [2.24, 2.45) is 5.73 Å². The summed E-state index contributed by atoms with van der Waals surface area (Å²) < 4.78 is 6.11. The van der Waals surface area contributed by atoms with E-state index in [1.165, 1.54) is 0 Å². The minimum atomic E-state index is -0.202. The van der Waals surface area contributed by atoms with E-state index in [2.05, 4.69) is 0 Å². The molecular weight excluding hydrogens is 264 g/mol. The fourth-order valence-electron chi connectivity index (χ4n) is 2.93. The van der Waals surface area contributed by atoms with Gasteiger partial charge in [0.2, 0.25) is 0 Å². The molecular formula is C17H20N2O2. The number of aryl methyl sites for hydroxylation is 1. The summed E-state index contributed by atoms with van der Waals surface area (Å²) in [7, 11) is 0. The third-order valence-corrected chi connectivity index (χ3v) is 4.08. The number of benzene rings is 2. The Labute approximate surface area is 124 Å². The second kappa shape index (κ2) is 5.39. The van der Waals surface area contributed by atoms with E-state index >= 15 is 0 Å². The van der Waals surface area contributed by atoms with Crippen molar-refractivity contribution < 1.29 is 9.84 Å². The van der Waals surface area contributed by atoms with E-state index in [0.29, 0.717) is 24.4 Å². The number of phenolic OH excluding ortho intramolecular Hbond substituents is 1. The fourth-order valence-corrected chi connectivity index (χ4v) is 2.93. The van der Waals surface area contributed by atoms with Crippen molar-refractivity contribution >= 4 is 5.69 Å². The Morgan fingerprint density at radius 3 is 2.81 bits per heavy atom. The first-order chi connectivity index (χ1) is 10.1. The zero-order valence-electron chi connectivity index (χ0n) is 12.0. The summed E-state index contributed by atoms with van der Waals surface area (Å²) >= 11 is 0. The molecule has 0 aromatic heterocycles. The first-order valence-electron chi connectivity index (χ1n) is 7.12. The van der Waals surface area contributed by atoms with Crippen LogP contribution in [0.1, 0.15) is 34.5 Å². The Morgan fingerprint density at radius 2 is 2.10 bits per heavy atom. The van der Waals surface area contributed by atoms with Gasteiger partial charge < -0.3 is 21.3 Å². The van der Waals surface area contributed by atoms with Crippen LogP contribution >= 0.6 is 0 Å². The van der Waals surface area contributed by atoms with Crippen LogP contribution in [0.15, 0.2) is 36.4 Å². The molecule has 0 radical (unpaired) electrons.